The zero-order chi connectivity index (χ0) is 14.8. The van der Waals surface area contributed by atoms with Crippen LogP contribution in [0, 0.1) is 6.92 Å². The van der Waals surface area contributed by atoms with E-state index in [-0.39, 0.29) is 6.03 Å². The molecular weight excluding hydrogens is 302 g/mol. The fraction of sp³-hybridized carbons (Fsp3) is 0.200. The molecule has 0 saturated carbocycles. The monoisotopic (exact) mass is 317 g/mol. The van der Waals surface area contributed by atoms with Crippen LogP contribution in [0.2, 0.25) is 0 Å². The Morgan fingerprint density at radius 3 is 2.86 bits per heavy atom. The third-order valence-corrected chi connectivity index (χ3v) is 5.16. The van der Waals surface area contributed by atoms with E-state index in [1.54, 1.807) is 23.3 Å². The molecule has 0 atom stereocenters. The molecule has 0 fully saturated rings. The van der Waals surface area contributed by atoms with Gasteiger partial charge >= 0.3 is 6.03 Å². The molecule has 2 aromatic heterocycles. The lowest BCUT2D eigenvalue weighted by Crippen LogP contribution is -2.30. The Morgan fingerprint density at radius 1 is 1.33 bits per heavy atom. The summed E-state index contributed by atoms with van der Waals surface area (Å²) in [4.78, 5) is 19.5. The van der Waals surface area contributed by atoms with Crippen LogP contribution in [-0.4, -0.2) is 23.0 Å². The number of thiazole rings is 1. The van der Waals surface area contributed by atoms with E-state index in [1.807, 2.05) is 29.6 Å². The third kappa shape index (κ3) is 3.06. The lowest BCUT2D eigenvalue weighted by molar-refractivity contribution is 0.221. The summed E-state index contributed by atoms with van der Waals surface area (Å²) < 4.78 is 1.07. The maximum atomic E-state index is 12.2. The molecule has 0 radical (unpaired) electrons. The standard InChI is InChI=1S/C15H15N3OS2/c1-10-7-8-20-13(10)9-18(2)15(19)17-14-16-11-5-3-4-6-12(11)21-14/h3-8H,9H2,1-2H3,(H,16,17,19). The normalized spacial score (nSPS) is 10.8. The number of amides is 2. The number of nitrogens with one attached hydrogen (secondary N) is 1. The van der Waals surface area contributed by atoms with Gasteiger partial charge in [0.2, 0.25) is 0 Å². The Labute approximate surface area is 131 Å². The van der Waals surface area contributed by atoms with Crippen molar-refractivity contribution in [2.75, 3.05) is 12.4 Å². The van der Waals surface area contributed by atoms with E-state index < -0.39 is 0 Å². The maximum absolute atomic E-state index is 12.2. The number of thiophene rings is 1. The van der Waals surface area contributed by atoms with Gasteiger partial charge in [-0.3, -0.25) is 5.32 Å². The van der Waals surface area contributed by atoms with Gasteiger partial charge in [0.15, 0.2) is 5.13 Å². The Morgan fingerprint density at radius 2 is 2.14 bits per heavy atom. The van der Waals surface area contributed by atoms with Crippen molar-refractivity contribution in [3.8, 4) is 0 Å². The van der Waals surface area contributed by atoms with Gasteiger partial charge in [0, 0.05) is 11.9 Å². The molecule has 2 heterocycles. The van der Waals surface area contributed by atoms with E-state index >= 15 is 0 Å². The number of hydrogen-bond donors (Lipinski definition) is 1. The molecule has 2 amide bonds. The van der Waals surface area contributed by atoms with Crippen LogP contribution in [0.15, 0.2) is 35.7 Å². The molecule has 0 aliphatic rings. The van der Waals surface area contributed by atoms with Crippen LogP contribution in [0.5, 0.6) is 0 Å². The van der Waals surface area contributed by atoms with E-state index in [1.165, 1.54) is 21.8 Å². The number of anilines is 1. The van der Waals surface area contributed by atoms with Crippen molar-refractivity contribution in [2.24, 2.45) is 0 Å². The molecule has 0 saturated heterocycles. The quantitative estimate of drug-likeness (QED) is 0.781. The zero-order valence-electron chi connectivity index (χ0n) is 11.8. The fourth-order valence-electron chi connectivity index (χ4n) is 1.97. The SMILES string of the molecule is Cc1ccsc1CN(C)C(=O)Nc1nc2ccccc2s1. The first-order chi connectivity index (χ1) is 10.1. The van der Waals surface area contributed by atoms with Crippen molar-refractivity contribution in [3.05, 3.63) is 46.2 Å². The fourth-order valence-corrected chi connectivity index (χ4v) is 3.78. The minimum absolute atomic E-state index is 0.137. The van der Waals surface area contributed by atoms with Crippen molar-refractivity contribution in [1.29, 1.82) is 0 Å². The number of carbonyl (C=O) groups is 1. The number of fused-ring (bicyclic) bond motifs is 1. The molecule has 3 rings (SSSR count). The minimum Gasteiger partial charge on any atom is -0.322 e. The number of aryl methyl sites for hydroxylation is 1. The average Bonchev–Trinajstić information content (AvgIpc) is 3.04. The molecule has 1 aromatic carbocycles. The molecule has 21 heavy (non-hydrogen) atoms. The number of carbonyl (C=O) groups excluding carboxylic acids is 1. The van der Waals surface area contributed by atoms with E-state index in [0.29, 0.717) is 11.7 Å². The van der Waals surface area contributed by atoms with Crippen LogP contribution in [0.25, 0.3) is 10.2 Å². The maximum Gasteiger partial charge on any atom is 0.323 e. The summed E-state index contributed by atoms with van der Waals surface area (Å²) in [7, 11) is 1.79. The van der Waals surface area contributed by atoms with Crippen molar-refractivity contribution in [2.45, 2.75) is 13.5 Å². The van der Waals surface area contributed by atoms with Crippen LogP contribution in [-0.2, 0) is 6.54 Å². The molecule has 0 aliphatic carbocycles. The first-order valence-corrected chi connectivity index (χ1v) is 8.24. The number of urea groups is 1. The smallest absolute Gasteiger partial charge is 0.322 e. The van der Waals surface area contributed by atoms with Crippen LogP contribution in [0.1, 0.15) is 10.4 Å². The second-order valence-corrected chi connectivity index (χ2v) is 6.83. The van der Waals surface area contributed by atoms with Gasteiger partial charge in [-0.1, -0.05) is 23.5 Å². The Balaban J connectivity index is 1.69. The second kappa shape index (κ2) is 5.83. The topological polar surface area (TPSA) is 45.2 Å². The summed E-state index contributed by atoms with van der Waals surface area (Å²) >= 11 is 3.16. The van der Waals surface area contributed by atoms with Crippen LogP contribution >= 0.6 is 22.7 Å². The van der Waals surface area contributed by atoms with Crippen molar-refractivity contribution < 1.29 is 4.79 Å². The zero-order valence-corrected chi connectivity index (χ0v) is 13.4. The molecule has 0 unspecified atom stereocenters. The van der Waals surface area contributed by atoms with Crippen molar-refractivity contribution >= 4 is 44.1 Å². The molecule has 0 aliphatic heterocycles. The lowest BCUT2D eigenvalue weighted by Gasteiger charge is -2.16. The number of hydrogen-bond acceptors (Lipinski definition) is 4. The summed E-state index contributed by atoms with van der Waals surface area (Å²) in [5.41, 5.74) is 2.13. The van der Waals surface area contributed by atoms with Gasteiger partial charge in [0.1, 0.15) is 0 Å². The Hall–Kier alpha value is -1.92. The third-order valence-electron chi connectivity index (χ3n) is 3.20. The van der Waals surface area contributed by atoms with Gasteiger partial charge < -0.3 is 4.90 Å². The van der Waals surface area contributed by atoms with E-state index in [2.05, 4.69) is 23.3 Å². The largest absolute Gasteiger partial charge is 0.323 e. The van der Waals surface area contributed by atoms with Crippen LogP contribution < -0.4 is 5.32 Å². The second-order valence-electron chi connectivity index (χ2n) is 4.80. The highest BCUT2D eigenvalue weighted by atomic mass is 32.1. The van der Waals surface area contributed by atoms with Gasteiger partial charge in [-0.15, -0.1) is 11.3 Å². The Bertz CT molecular complexity index is 745. The van der Waals surface area contributed by atoms with Crippen LogP contribution in [0.3, 0.4) is 0 Å². The molecule has 3 aromatic rings. The molecule has 4 nitrogen and oxygen atoms in total. The summed E-state index contributed by atoms with van der Waals surface area (Å²) in [6.45, 7) is 2.67. The summed E-state index contributed by atoms with van der Waals surface area (Å²) in [6, 6.07) is 9.79. The lowest BCUT2D eigenvalue weighted by atomic mass is 10.3. The predicted molar refractivity (Wildman–Crippen MR) is 89.2 cm³/mol. The van der Waals surface area contributed by atoms with Crippen molar-refractivity contribution in [3.63, 3.8) is 0 Å². The van der Waals surface area contributed by atoms with E-state index in [4.69, 9.17) is 0 Å². The highest BCUT2D eigenvalue weighted by Gasteiger charge is 2.13. The number of aromatic nitrogens is 1. The average molecular weight is 317 g/mol. The number of nitrogens with zero attached hydrogens (tertiary/aromatic N) is 2. The van der Waals surface area contributed by atoms with Gasteiger partial charge in [-0.05, 0) is 36.1 Å². The molecule has 1 N–H and O–H groups in total. The molecule has 0 bridgehead atoms. The van der Waals surface area contributed by atoms with Gasteiger partial charge in [0.25, 0.3) is 0 Å². The summed E-state index contributed by atoms with van der Waals surface area (Å²) in [5.74, 6) is 0. The van der Waals surface area contributed by atoms with E-state index in [0.717, 1.165) is 10.2 Å². The predicted octanol–water partition coefficient (Wildman–Crippen LogP) is 4.33. The first kappa shape index (κ1) is 14.0. The summed E-state index contributed by atoms with van der Waals surface area (Å²) in [6.07, 6.45) is 0. The van der Waals surface area contributed by atoms with Gasteiger partial charge in [-0.2, -0.15) is 0 Å². The molecule has 0 spiro atoms. The highest BCUT2D eigenvalue weighted by Crippen LogP contribution is 2.25. The van der Waals surface area contributed by atoms with Crippen LogP contribution in [0.4, 0.5) is 9.93 Å². The first-order valence-electron chi connectivity index (χ1n) is 6.54. The van der Waals surface area contributed by atoms with Gasteiger partial charge in [0.05, 0.1) is 16.8 Å². The number of rotatable bonds is 3. The van der Waals surface area contributed by atoms with Gasteiger partial charge in [-0.25, -0.2) is 9.78 Å². The molecule has 108 valence electrons. The minimum atomic E-state index is -0.137. The number of benzene rings is 1. The highest BCUT2D eigenvalue weighted by molar-refractivity contribution is 7.22. The summed E-state index contributed by atoms with van der Waals surface area (Å²) in [5, 5.41) is 5.54. The molecule has 6 heteroatoms. The molecular formula is C15H15N3OS2. The number of para-hydroxylation sites is 1. The van der Waals surface area contributed by atoms with Crippen molar-refractivity contribution in [1.82, 2.24) is 9.88 Å². The van der Waals surface area contributed by atoms with E-state index in [9.17, 15) is 4.79 Å². The Kier molecular flexibility index (Phi) is 3.90.